The first-order valence-corrected chi connectivity index (χ1v) is 11.6. The van der Waals surface area contributed by atoms with E-state index in [2.05, 4.69) is 40.0 Å². The standard InChI is InChI=1S/C26H28N4O5/c1-3-8-16(13-23(31)28-22-14-30(2)29-24(22)25(32)33)27-26(34)35-15-21-19-11-6-4-9-17(19)18-10-5-7-12-20(18)21/h4-7,9-12,14,16,21H,3,8,13,15H2,1-2H3,(H,27,34)(H,28,31)(H,32,33). The lowest BCUT2D eigenvalue weighted by molar-refractivity contribution is -0.116. The fourth-order valence-electron chi connectivity index (χ4n) is 4.54. The third-order valence-electron chi connectivity index (χ3n) is 6.04. The van der Waals surface area contributed by atoms with E-state index in [-0.39, 0.29) is 30.3 Å². The van der Waals surface area contributed by atoms with Crippen molar-refractivity contribution in [3.63, 3.8) is 0 Å². The molecule has 0 bridgehead atoms. The minimum Gasteiger partial charge on any atom is -0.476 e. The number of aromatic carboxylic acids is 1. The van der Waals surface area contributed by atoms with Gasteiger partial charge in [-0.05, 0) is 28.7 Å². The number of aromatic nitrogens is 2. The maximum Gasteiger partial charge on any atom is 0.407 e. The van der Waals surface area contributed by atoms with Gasteiger partial charge in [-0.15, -0.1) is 0 Å². The Morgan fingerprint density at radius 3 is 2.31 bits per heavy atom. The van der Waals surface area contributed by atoms with Gasteiger partial charge in [-0.25, -0.2) is 9.59 Å². The molecule has 0 radical (unpaired) electrons. The maximum atomic E-state index is 12.6. The van der Waals surface area contributed by atoms with Gasteiger partial charge < -0.3 is 20.5 Å². The molecular formula is C26H28N4O5. The van der Waals surface area contributed by atoms with Crippen LogP contribution < -0.4 is 10.6 Å². The molecular weight excluding hydrogens is 448 g/mol. The van der Waals surface area contributed by atoms with Gasteiger partial charge in [0.25, 0.3) is 0 Å². The number of ether oxygens (including phenoxy) is 1. The summed E-state index contributed by atoms with van der Waals surface area (Å²) in [4.78, 5) is 36.5. The molecule has 3 N–H and O–H groups in total. The molecule has 0 saturated carbocycles. The predicted octanol–water partition coefficient (Wildman–Crippen LogP) is 4.15. The molecule has 9 heteroatoms. The number of carbonyl (C=O) groups excluding carboxylic acids is 2. The molecule has 0 fully saturated rings. The second-order valence-electron chi connectivity index (χ2n) is 8.58. The third kappa shape index (κ3) is 5.34. The molecule has 35 heavy (non-hydrogen) atoms. The summed E-state index contributed by atoms with van der Waals surface area (Å²) in [6, 6.07) is 15.7. The Bertz CT molecular complexity index is 1210. The van der Waals surface area contributed by atoms with E-state index in [4.69, 9.17) is 4.74 Å². The highest BCUT2D eigenvalue weighted by molar-refractivity contribution is 5.99. The highest BCUT2D eigenvalue weighted by Gasteiger charge is 2.29. The SMILES string of the molecule is CCCC(CC(=O)Nc1cn(C)nc1C(=O)O)NC(=O)OCC1c2ccccc2-c2ccccc21. The molecule has 1 heterocycles. The largest absolute Gasteiger partial charge is 0.476 e. The smallest absolute Gasteiger partial charge is 0.407 e. The van der Waals surface area contributed by atoms with Crippen molar-refractivity contribution in [2.24, 2.45) is 7.05 Å². The molecule has 0 aliphatic heterocycles. The van der Waals surface area contributed by atoms with Gasteiger partial charge in [-0.1, -0.05) is 61.9 Å². The first kappa shape index (κ1) is 24.0. The van der Waals surface area contributed by atoms with Crippen molar-refractivity contribution in [2.45, 2.75) is 38.1 Å². The lowest BCUT2D eigenvalue weighted by atomic mass is 9.98. The summed E-state index contributed by atoms with van der Waals surface area (Å²) < 4.78 is 6.91. The van der Waals surface area contributed by atoms with Crippen LogP contribution in [0.1, 0.15) is 53.7 Å². The molecule has 1 atom stereocenters. The van der Waals surface area contributed by atoms with E-state index in [1.165, 1.54) is 10.9 Å². The summed E-state index contributed by atoms with van der Waals surface area (Å²) in [5, 5.41) is 18.4. The van der Waals surface area contributed by atoms with Crippen LogP contribution in [0, 0.1) is 0 Å². The summed E-state index contributed by atoms with van der Waals surface area (Å²) in [7, 11) is 1.57. The molecule has 1 unspecified atom stereocenters. The topological polar surface area (TPSA) is 123 Å². The lowest BCUT2D eigenvalue weighted by Gasteiger charge is -2.19. The number of carbonyl (C=O) groups is 3. The van der Waals surface area contributed by atoms with Gasteiger partial charge >= 0.3 is 12.1 Å². The number of amides is 2. The van der Waals surface area contributed by atoms with Crippen LogP contribution in [0.5, 0.6) is 0 Å². The number of nitrogens with zero attached hydrogens (tertiary/aromatic N) is 2. The van der Waals surface area contributed by atoms with Gasteiger partial charge in [0, 0.05) is 31.6 Å². The Morgan fingerprint density at radius 2 is 1.71 bits per heavy atom. The van der Waals surface area contributed by atoms with Crippen LogP contribution >= 0.6 is 0 Å². The minimum atomic E-state index is -1.23. The first-order chi connectivity index (χ1) is 16.9. The molecule has 1 aliphatic rings. The number of rotatable bonds is 9. The Kier molecular flexibility index (Phi) is 7.14. The van der Waals surface area contributed by atoms with Crippen LogP contribution in [0.2, 0.25) is 0 Å². The second kappa shape index (κ2) is 10.4. The van der Waals surface area contributed by atoms with Crippen molar-refractivity contribution < 1.29 is 24.2 Å². The minimum absolute atomic E-state index is 0.0218. The number of hydrogen-bond donors (Lipinski definition) is 3. The first-order valence-electron chi connectivity index (χ1n) is 11.6. The number of benzene rings is 2. The molecule has 1 aromatic heterocycles. The molecule has 2 aromatic carbocycles. The summed E-state index contributed by atoms with van der Waals surface area (Å²) in [6.07, 6.45) is 2.12. The molecule has 0 spiro atoms. The normalized spacial score (nSPS) is 13.0. The Hall–Kier alpha value is -4.14. The van der Waals surface area contributed by atoms with Crippen molar-refractivity contribution >= 4 is 23.7 Å². The fraction of sp³-hybridized carbons (Fsp3) is 0.308. The van der Waals surface area contributed by atoms with Crippen LogP contribution in [0.4, 0.5) is 10.5 Å². The van der Waals surface area contributed by atoms with Gasteiger partial charge in [0.1, 0.15) is 6.61 Å². The zero-order valence-electron chi connectivity index (χ0n) is 19.7. The van der Waals surface area contributed by atoms with E-state index in [1.807, 2.05) is 31.2 Å². The molecule has 2 amide bonds. The second-order valence-corrected chi connectivity index (χ2v) is 8.58. The third-order valence-corrected chi connectivity index (χ3v) is 6.04. The van der Waals surface area contributed by atoms with Crippen LogP contribution in [-0.2, 0) is 16.6 Å². The number of nitrogens with one attached hydrogen (secondary N) is 2. The summed E-state index contributed by atoms with van der Waals surface area (Å²) in [5.74, 6) is -1.71. The van der Waals surface area contributed by atoms with Gasteiger partial charge in [0.2, 0.25) is 5.91 Å². The van der Waals surface area contributed by atoms with E-state index < -0.39 is 24.0 Å². The Balaban J connectivity index is 1.36. The van der Waals surface area contributed by atoms with E-state index in [9.17, 15) is 19.5 Å². The highest BCUT2D eigenvalue weighted by Crippen LogP contribution is 2.44. The molecule has 3 aromatic rings. The number of carboxylic acids is 1. The Labute approximate surface area is 203 Å². The highest BCUT2D eigenvalue weighted by atomic mass is 16.5. The maximum absolute atomic E-state index is 12.6. The van der Waals surface area contributed by atoms with Crippen molar-refractivity contribution in [1.82, 2.24) is 15.1 Å². The number of aryl methyl sites for hydroxylation is 1. The molecule has 1 aliphatic carbocycles. The van der Waals surface area contributed by atoms with Crippen LogP contribution in [0.15, 0.2) is 54.7 Å². The van der Waals surface area contributed by atoms with Crippen molar-refractivity contribution in [3.05, 3.63) is 71.5 Å². The molecule has 4 rings (SSSR count). The zero-order valence-corrected chi connectivity index (χ0v) is 19.7. The average molecular weight is 477 g/mol. The van der Waals surface area contributed by atoms with Gasteiger partial charge in [-0.2, -0.15) is 5.10 Å². The lowest BCUT2D eigenvalue weighted by Crippen LogP contribution is -2.38. The van der Waals surface area contributed by atoms with Crippen LogP contribution in [0.25, 0.3) is 11.1 Å². The van der Waals surface area contributed by atoms with E-state index in [0.717, 1.165) is 28.7 Å². The molecule has 9 nitrogen and oxygen atoms in total. The number of anilines is 1. The molecule has 182 valence electrons. The van der Waals surface area contributed by atoms with Crippen LogP contribution in [-0.4, -0.2) is 45.5 Å². The van der Waals surface area contributed by atoms with Crippen LogP contribution in [0.3, 0.4) is 0 Å². The number of carboxylic acid groups (broad SMARTS) is 1. The fourth-order valence-corrected chi connectivity index (χ4v) is 4.54. The van der Waals surface area contributed by atoms with Gasteiger partial charge in [0.15, 0.2) is 5.69 Å². The predicted molar refractivity (Wildman–Crippen MR) is 130 cm³/mol. The Morgan fingerprint density at radius 1 is 1.09 bits per heavy atom. The quantitative estimate of drug-likeness (QED) is 0.426. The van der Waals surface area contributed by atoms with Crippen molar-refractivity contribution in [1.29, 1.82) is 0 Å². The van der Waals surface area contributed by atoms with Gasteiger partial charge in [0.05, 0.1) is 5.69 Å². The number of alkyl carbamates (subject to hydrolysis) is 1. The summed E-state index contributed by atoms with van der Waals surface area (Å²) >= 11 is 0. The van der Waals surface area contributed by atoms with E-state index in [0.29, 0.717) is 6.42 Å². The summed E-state index contributed by atoms with van der Waals surface area (Å²) in [6.45, 7) is 2.14. The van der Waals surface area contributed by atoms with E-state index in [1.54, 1.807) is 7.05 Å². The van der Waals surface area contributed by atoms with Crippen molar-refractivity contribution in [2.75, 3.05) is 11.9 Å². The number of fused-ring (bicyclic) bond motifs is 3. The monoisotopic (exact) mass is 476 g/mol. The zero-order chi connectivity index (χ0) is 24.9. The summed E-state index contributed by atoms with van der Waals surface area (Å²) in [5.41, 5.74) is 4.41. The average Bonchev–Trinajstić information content (AvgIpc) is 3.35. The number of hydrogen-bond acceptors (Lipinski definition) is 5. The molecule has 0 saturated heterocycles. The van der Waals surface area contributed by atoms with E-state index >= 15 is 0 Å². The van der Waals surface area contributed by atoms with Crippen molar-refractivity contribution in [3.8, 4) is 11.1 Å². The van der Waals surface area contributed by atoms with Gasteiger partial charge in [-0.3, -0.25) is 9.48 Å².